The van der Waals surface area contributed by atoms with Crippen LogP contribution in [0.5, 0.6) is 5.75 Å². The molecule has 0 spiro atoms. The molecule has 7 nitrogen and oxygen atoms in total. The summed E-state index contributed by atoms with van der Waals surface area (Å²) in [6.07, 6.45) is 0. The molecule has 8 heteroatoms. The molecule has 0 saturated heterocycles. The number of nitrogens with zero attached hydrogens (tertiary/aromatic N) is 1. The van der Waals surface area contributed by atoms with Gasteiger partial charge in [-0.05, 0) is 31.2 Å². The van der Waals surface area contributed by atoms with Crippen LogP contribution >= 0.6 is 11.6 Å². The number of hydroxylamine groups is 1. The Balaban J connectivity index is 2.45. The quantitative estimate of drug-likeness (QED) is 0.837. The highest BCUT2D eigenvalue weighted by Gasteiger charge is 2.21. The predicted molar refractivity (Wildman–Crippen MR) is 77.7 cm³/mol. The third-order valence-corrected chi connectivity index (χ3v) is 2.85. The first-order valence-corrected chi connectivity index (χ1v) is 6.33. The van der Waals surface area contributed by atoms with Crippen molar-refractivity contribution in [2.75, 3.05) is 5.06 Å². The van der Waals surface area contributed by atoms with Crippen molar-refractivity contribution in [1.29, 1.82) is 0 Å². The monoisotopic (exact) mass is 309 g/mol. The van der Waals surface area contributed by atoms with Crippen LogP contribution in [0.25, 0.3) is 0 Å². The zero-order valence-corrected chi connectivity index (χ0v) is 12.0. The summed E-state index contributed by atoms with van der Waals surface area (Å²) in [6, 6.07) is 6.26. The van der Waals surface area contributed by atoms with Gasteiger partial charge in [-0.3, -0.25) is 14.6 Å². The highest BCUT2D eigenvalue weighted by atomic mass is 35.5. The number of aryl methyl sites for hydroxylation is 1. The van der Waals surface area contributed by atoms with Crippen molar-refractivity contribution in [3.05, 3.63) is 55.8 Å². The molecule has 1 aromatic carbocycles. The molecule has 2 N–H and O–H groups in total. The number of benzene rings is 1. The fourth-order valence-electron chi connectivity index (χ4n) is 1.71. The second-order valence-corrected chi connectivity index (χ2v) is 4.68. The maximum absolute atomic E-state index is 11.9. The number of anilines is 1. The average molecular weight is 310 g/mol. The molecular formula is C13H12ClN3O4. The molecule has 0 aliphatic carbocycles. The molecule has 2 rings (SSSR count). The standard InChI is InChI=1S/C13H12ClN3O4/c1-7-11(12(19)16-13(20)15-7)17(8(2)18)21-10-5-3-9(14)4-6-10/h3-6H,1-2H3,(H2,15,16,19,20). The number of nitrogens with one attached hydrogen (secondary N) is 2. The van der Waals surface area contributed by atoms with E-state index in [1.165, 1.54) is 13.8 Å². The van der Waals surface area contributed by atoms with Gasteiger partial charge in [0.25, 0.3) is 11.5 Å². The van der Waals surface area contributed by atoms with Crippen LogP contribution in [0.2, 0.25) is 5.02 Å². The van der Waals surface area contributed by atoms with E-state index >= 15 is 0 Å². The molecule has 0 aliphatic heterocycles. The number of carbonyl (C=O) groups excluding carboxylic acids is 1. The van der Waals surface area contributed by atoms with Crippen LogP contribution < -0.4 is 21.1 Å². The van der Waals surface area contributed by atoms with Crippen LogP contribution in [0, 0.1) is 6.92 Å². The number of aromatic nitrogens is 2. The van der Waals surface area contributed by atoms with Crippen LogP contribution in [-0.2, 0) is 4.79 Å². The van der Waals surface area contributed by atoms with E-state index in [0.717, 1.165) is 5.06 Å². The van der Waals surface area contributed by atoms with Gasteiger partial charge in [0.15, 0.2) is 11.4 Å². The number of hydrogen-bond donors (Lipinski definition) is 2. The average Bonchev–Trinajstić information content (AvgIpc) is 2.38. The predicted octanol–water partition coefficient (Wildman–Crippen LogP) is 1.37. The van der Waals surface area contributed by atoms with Crippen LogP contribution in [0.3, 0.4) is 0 Å². The lowest BCUT2D eigenvalue weighted by Crippen LogP contribution is -2.39. The molecular weight excluding hydrogens is 298 g/mol. The molecule has 0 aliphatic rings. The number of carbonyl (C=O) groups is 1. The molecule has 0 unspecified atom stereocenters. The van der Waals surface area contributed by atoms with E-state index in [4.69, 9.17) is 16.4 Å². The zero-order valence-electron chi connectivity index (χ0n) is 11.3. The molecule has 1 aromatic heterocycles. The lowest BCUT2D eigenvalue weighted by atomic mass is 10.3. The summed E-state index contributed by atoms with van der Waals surface area (Å²) in [5.74, 6) is -0.204. The smallest absolute Gasteiger partial charge is 0.326 e. The van der Waals surface area contributed by atoms with Crippen LogP contribution in [0.4, 0.5) is 5.69 Å². The lowest BCUT2D eigenvalue weighted by Gasteiger charge is -2.21. The minimum Gasteiger partial charge on any atom is -0.372 e. The van der Waals surface area contributed by atoms with E-state index in [9.17, 15) is 14.4 Å². The van der Waals surface area contributed by atoms with Gasteiger partial charge in [0.1, 0.15) is 0 Å². The minimum absolute atomic E-state index is 0.0861. The van der Waals surface area contributed by atoms with Crippen LogP contribution in [-0.4, -0.2) is 15.9 Å². The van der Waals surface area contributed by atoms with Crippen LogP contribution in [0.15, 0.2) is 33.9 Å². The van der Waals surface area contributed by atoms with E-state index in [0.29, 0.717) is 10.8 Å². The summed E-state index contributed by atoms with van der Waals surface area (Å²) in [5.41, 5.74) is -1.25. The van der Waals surface area contributed by atoms with Gasteiger partial charge in [0.05, 0.1) is 0 Å². The Morgan fingerprint density at radius 2 is 1.81 bits per heavy atom. The van der Waals surface area contributed by atoms with E-state index in [-0.39, 0.29) is 11.4 Å². The molecule has 0 bridgehead atoms. The maximum atomic E-state index is 11.9. The van der Waals surface area contributed by atoms with Gasteiger partial charge >= 0.3 is 5.69 Å². The normalized spacial score (nSPS) is 10.2. The summed E-state index contributed by atoms with van der Waals surface area (Å²) in [5, 5.41) is 1.32. The van der Waals surface area contributed by atoms with E-state index in [1.807, 2.05) is 4.98 Å². The number of H-pyrrole nitrogens is 2. The molecule has 0 fully saturated rings. The van der Waals surface area contributed by atoms with E-state index in [2.05, 4.69) is 4.98 Å². The van der Waals surface area contributed by atoms with E-state index in [1.54, 1.807) is 24.3 Å². The Morgan fingerprint density at radius 1 is 1.19 bits per heavy atom. The third kappa shape index (κ3) is 3.32. The zero-order chi connectivity index (χ0) is 15.6. The van der Waals surface area contributed by atoms with Gasteiger partial charge in [-0.25, -0.2) is 4.79 Å². The molecule has 1 amide bonds. The van der Waals surface area contributed by atoms with Crippen molar-refractivity contribution in [3.63, 3.8) is 0 Å². The van der Waals surface area contributed by atoms with Crippen molar-refractivity contribution in [2.45, 2.75) is 13.8 Å². The number of aromatic amines is 2. The van der Waals surface area contributed by atoms with Crippen molar-refractivity contribution >= 4 is 23.2 Å². The molecule has 1 heterocycles. The van der Waals surface area contributed by atoms with Crippen LogP contribution in [0.1, 0.15) is 12.6 Å². The maximum Gasteiger partial charge on any atom is 0.326 e. The Kier molecular flexibility index (Phi) is 4.13. The first-order chi connectivity index (χ1) is 9.88. The second-order valence-electron chi connectivity index (χ2n) is 4.24. The fraction of sp³-hybridized carbons (Fsp3) is 0.154. The lowest BCUT2D eigenvalue weighted by molar-refractivity contribution is -0.120. The Labute approximate surface area is 124 Å². The molecule has 0 atom stereocenters. The fourth-order valence-corrected chi connectivity index (χ4v) is 1.83. The first-order valence-electron chi connectivity index (χ1n) is 5.96. The number of halogens is 1. The third-order valence-electron chi connectivity index (χ3n) is 2.60. The van der Waals surface area contributed by atoms with Gasteiger partial charge in [0.2, 0.25) is 0 Å². The summed E-state index contributed by atoms with van der Waals surface area (Å²) >= 11 is 5.76. The molecule has 0 saturated carbocycles. The Morgan fingerprint density at radius 3 is 2.33 bits per heavy atom. The second kappa shape index (κ2) is 5.84. The molecule has 0 radical (unpaired) electrons. The summed E-state index contributed by atoms with van der Waals surface area (Å²) in [6.45, 7) is 2.73. The van der Waals surface area contributed by atoms with Gasteiger partial charge < -0.3 is 9.82 Å². The largest absolute Gasteiger partial charge is 0.372 e. The summed E-state index contributed by atoms with van der Waals surface area (Å²) in [7, 11) is 0. The molecule has 2 aromatic rings. The summed E-state index contributed by atoms with van der Waals surface area (Å²) in [4.78, 5) is 44.7. The van der Waals surface area contributed by atoms with Gasteiger partial charge in [-0.1, -0.05) is 11.6 Å². The van der Waals surface area contributed by atoms with Gasteiger partial charge in [-0.15, -0.1) is 5.06 Å². The topological polar surface area (TPSA) is 95.3 Å². The molecule has 110 valence electrons. The van der Waals surface area contributed by atoms with Crippen molar-refractivity contribution < 1.29 is 9.63 Å². The highest BCUT2D eigenvalue weighted by Crippen LogP contribution is 2.19. The SMILES string of the molecule is CC(=O)N(Oc1ccc(Cl)cc1)c1c(C)[nH]c(=O)[nH]c1=O. The number of amides is 1. The molecule has 21 heavy (non-hydrogen) atoms. The van der Waals surface area contributed by atoms with Crippen molar-refractivity contribution in [2.24, 2.45) is 0 Å². The van der Waals surface area contributed by atoms with Crippen molar-refractivity contribution in [3.8, 4) is 5.75 Å². The Hall–Kier alpha value is -2.54. The summed E-state index contributed by atoms with van der Waals surface area (Å²) < 4.78 is 0. The Bertz CT molecular complexity index is 779. The van der Waals surface area contributed by atoms with E-state index < -0.39 is 17.2 Å². The minimum atomic E-state index is -0.722. The number of hydrogen-bond acceptors (Lipinski definition) is 4. The van der Waals surface area contributed by atoms with Gasteiger partial charge in [0, 0.05) is 17.6 Å². The highest BCUT2D eigenvalue weighted by molar-refractivity contribution is 6.30. The van der Waals surface area contributed by atoms with Crippen molar-refractivity contribution in [1.82, 2.24) is 9.97 Å². The first kappa shape index (κ1) is 14.9. The number of rotatable bonds is 3. The van der Waals surface area contributed by atoms with Gasteiger partial charge in [-0.2, -0.15) is 0 Å².